The minimum atomic E-state index is -0.552. The van der Waals surface area contributed by atoms with Gasteiger partial charge in [-0.05, 0) is 6.42 Å². The Labute approximate surface area is 85.8 Å². The second-order valence-electron chi connectivity index (χ2n) is 3.36. The molecule has 0 aliphatic carbocycles. The van der Waals surface area contributed by atoms with E-state index in [1.807, 2.05) is 0 Å². The van der Waals surface area contributed by atoms with Gasteiger partial charge in [0.1, 0.15) is 0 Å². The molecular weight excluding hydrogens is 184 g/mol. The maximum Gasteiger partial charge on any atom is 0.0827 e. The second-order valence-corrected chi connectivity index (χ2v) is 3.36. The van der Waals surface area contributed by atoms with Gasteiger partial charge >= 0.3 is 0 Å². The third kappa shape index (κ3) is 7.26. The summed E-state index contributed by atoms with van der Waals surface area (Å²) < 4.78 is 10.2. The number of hydrogen-bond acceptors (Lipinski definition) is 4. The molecule has 0 heterocycles. The third-order valence-electron chi connectivity index (χ3n) is 2.02. The van der Waals surface area contributed by atoms with Crippen molar-refractivity contribution in [2.45, 2.75) is 38.4 Å². The molecule has 0 bridgehead atoms. The van der Waals surface area contributed by atoms with Crippen LogP contribution in [0.1, 0.15) is 26.2 Å². The maximum atomic E-state index is 9.47. The van der Waals surface area contributed by atoms with Gasteiger partial charge in [-0.3, -0.25) is 0 Å². The fourth-order valence-corrected chi connectivity index (χ4v) is 1.08. The van der Waals surface area contributed by atoms with E-state index in [0.29, 0.717) is 19.6 Å². The first-order chi connectivity index (χ1) is 6.74. The summed E-state index contributed by atoms with van der Waals surface area (Å²) >= 11 is 0. The molecule has 0 rings (SSSR count). The van der Waals surface area contributed by atoms with Gasteiger partial charge in [-0.1, -0.05) is 13.3 Å². The van der Waals surface area contributed by atoms with E-state index in [-0.39, 0.29) is 12.7 Å². The van der Waals surface area contributed by atoms with Crippen LogP contribution in [0.2, 0.25) is 0 Å². The van der Waals surface area contributed by atoms with Gasteiger partial charge in [0, 0.05) is 20.1 Å². The van der Waals surface area contributed by atoms with Crippen LogP contribution in [-0.4, -0.2) is 49.4 Å². The van der Waals surface area contributed by atoms with E-state index in [0.717, 1.165) is 12.8 Å². The molecule has 0 radical (unpaired) electrons. The Morgan fingerprint density at radius 2 is 2.07 bits per heavy atom. The Balaban J connectivity index is 3.38. The molecule has 0 aromatic rings. The van der Waals surface area contributed by atoms with Gasteiger partial charge < -0.3 is 19.7 Å². The number of methoxy groups -OCH3 is 1. The predicted octanol–water partition coefficient (Wildman–Crippen LogP) is 0.561. The van der Waals surface area contributed by atoms with E-state index in [4.69, 9.17) is 14.6 Å². The van der Waals surface area contributed by atoms with Crippen molar-refractivity contribution in [2.24, 2.45) is 0 Å². The largest absolute Gasteiger partial charge is 0.394 e. The van der Waals surface area contributed by atoms with Crippen LogP contribution in [0.15, 0.2) is 0 Å². The molecule has 2 unspecified atom stereocenters. The summed E-state index contributed by atoms with van der Waals surface area (Å²) in [6.07, 6.45) is 1.68. The lowest BCUT2D eigenvalue weighted by molar-refractivity contribution is -0.0220. The fourth-order valence-electron chi connectivity index (χ4n) is 1.08. The number of ether oxygens (including phenoxy) is 2. The zero-order valence-corrected chi connectivity index (χ0v) is 9.11. The molecule has 4 nitrogen and oxygen atoms in total. The lowest BCUT2D eigenvalue weighted by Gasteiger charge is -2.16. The number of unbranched alkanes of at least 4 members (excludes halogenated alkanes) is 1. The van der Waals surface area contributed by atoms with Crippen LogP contribution in [0.3, 0.4) is 0 Å². The lowest BCUT2D eigenvalue weighted by atomic mass is 10.2. The summed E-state index contributed by atoms with van der Waals surface area (Å²) in [5.41, 5.74) is 0. The van der Waals surface area contributed by atoms with E-state index >= 15 is 0 Å². The molecule has 0 spiro atoms. The standard InChI is InChI=1S/C10H22O4/c1-3-4-5-14-8-9(12)6-10(7-11)13-2/h9-12H,3-8H2,1-2H3. The number of aliphatic hydroxyl groups excluding tert-OH is 2. The van der Waals surface area contributed by atoms with Crippen LogP contribution in [0.25, 0.3) is 0 Å². The van der Waals surface area contributed by atoms with Gasteiger partial charge in [0.15, 0.2) is 0 Å². The highest BCUT2D eigenvalue weighted by Gasteiger charge is 2.12. The molecule has 2 N–H and O–H groups in total. The van der Waals surface area contributed by atoms with E-state index in [1.54, 1.807) is 0 Å². The number of rotatable bonds is 9. The summed E-state index contributed by atoms with van der Waals surface area (Å²) in [6.45, 7) is 3.03. The molecule has 86 valence electrons. The SMILES string of the molecule is CCCCOCC(O)CC(CO)OC. The molecule has 14 heavy (non-hydrogen) atoms. The zero-order chi connectivity index (χ0) is 10.8. The summed E-state index contributed by atoms with van der Waals surface area (Å²) in [5, 5.41) is 18.3. The second kappa shape index (κ2) is 9.40. The highest BCUT2D eigenvalue weighted by molar-refractivity contribution is 4.63. The van der Waals surface area contributed by atoms with Gasteiger partial charge in [0.2, 0.25) is 0 Å². The highest BCUT2D eigenvalue weighted by atomic mass is 16.5. The van der Waals surface area contributed by atoms with Crippen molar-refractivity contribution in [3.8, 4) is 0 Å². The van der Waals surface area contributed by atoms with Gasteiger partial charge in [-0.15, -0.1) is 0 Å². The molecule has 0 saturated carbocycles. The quantitative estimate of drug-likeness (QED) is 0.541. The van der Waals surface area contributed by atoms with Crippen LogP contribution in [-0.2, 0) is 9.47 Å². The van der Waals surface area contributed by atoms with Gasteiger partial charge in [0.05, 0.1) is 25.4 Å². The average molecular weight is 206 g/mol. The van der Waals surface area contributed by atoms with Crippen molar-refractivity contribution < 1.29 is 19.7 Å². The molecule has 0 aliphatic rings. The molecule has 4 heteroatoms. The van der Waals surface area contributed by atoms with Gasteiger partial charge in [-0.25, -0.2) is 0 Å². The van der Waals surface area contributed by atoms with Gasteiger partial charge in [0.25, 0.3) is 0 Å². The summed E-state index contributed by atoms with van der Waals surface area (Å²) in [6, 6.07) is 0. The minimum absolute atomic E-state index is 0.0669. The van der Waals surface area contributed by atoms with Crippen molar-refractivity contribution in [1.82, 2.24) is 0 Å². The van der Waals surface area contributed by atoms with Crippen molar-refractivity contribution in [2.75, 3.05) is 26.9 Å². The van der Waals surface area contributed by atoms with E-state index < -0.39 is 6.10 Å². The van der Waals surface area contributed by atoms with E-state index in [2.05, 4.69) is 6.92 Å². The van der Waals surface area contributed by atoms with E-state index in [1.165, 1.54) is 7.11 Å². The highest BCUT2D eigenvalue weighted by Crippen LogP contribution is 2.02. The Bertz CT molecular complexity index is 115. The Morgan fingerprint density at radius 1 is 1.36 bits per heavy atom. The maximum absolute atomic E-state index is 9.47. The summed E-state index contributed by atoms with van der Waals surface area (Å²) in [5.74, 6) is 0. The first-order valence-corrected chi connectivity index (χ1v) is 5.14. The Hall–Kier alpha value is -0.160. The van der Waals surface area contributed by atoms with Crippen LogP contribution < -0.4 is 0 Å². The Morgan fingerprint density at radius 3 is 2.57 bits per heavy atom. The molecule has 0 aromatic carbocycles. The smallest absolute Gasteiger partial charge is 0.0827 e. The molecule has 0 fully saturated rings. The summed E-state index contributed by atoms with van der Waals surface area (Å²) in [4.78, 5) is 0. The monoisotopic (exact) mass is 206 g/mol. The Kier molecular flexibility index (Phi) is 9.29. The molecule has 0 amide bonds. The number of aliphatic hydroxyl groups is 2. The molecular formula is C10H22O4. The molecule has 0 saturated heterocycles. The fraction of sp³-hybridized carbons (Fsp3) is 1.00. The number of hydrogen-bond donors (Lipinski definition) is 2. The van der Waals surface area contributed by atoms with Crippen LogP contribution >= 0.6 is 0 Å². The first-order valence-electron chi connectivity index (χ1n) is 5.14. The molecule has 0 aromatic heterocycles. The van der Waals surface area contributed by atoms with E-state index in [9.17, 15) is 5.11 Å². The molecule has 2 atom stereocenters. The van der Waals surface area contributed by atoms with Crippen molar-refractivity contribution in [1.29, 1.82) is 0 Å². The van der Waals surface area contributed by atoms with Crippen molar-refractivity contribution >= 4 is 0 Å². The predicted molar refractivity (Wildman–Crippen MR) is 54.2 cm³/mol. The van der Waals surface area contributed by atoms with Crippen LogP contribution in [0.4, 0.5) is 0 Å². The van der Waals surface area contributed by atoms with Gasteiger partial charge in [-0.2, -0.15) is 0 Å². The lowest BCUT2D eigenvalue weighted by Crippen LogP contribution is -2.26. The van der Waals surface area contributed by atoms with Crippen LogP contribution in [0, 0.1) is 0 Å². The molecule has 0 aliphatic heterocycles. The minimum Gasteiger partial charge on any atom is -0.394 e. The topological polar surface area (TPSA) is 58.9 Å². The summed E-state index contributed by atoms with van der Waals surface area (Å²) in [7, 11) is 1.52. The first kappa shape index (κ1) is 13.8. The van der Waals surface area contributed by atoms with Crippen LogP contribution in [0.5, 0.6) is 0 Å². The van der Waals surface area contributed by atoms with Crippen molar-refractivity contribution in [3.05, 3.63) is 0 Å². The normalized spacial score (nSPS) is 15.4. The average Bonchev–Trinajstić information content (AvgIpc) is 2.21. The van der Waals surface area contributed by atoms with Crippen molar-refractivity contribution in [3.63, 3.8) is 0 Å². The third-order valence-corrected chi connectivity index (χ3v) is 2.02. The zero-order valence-electron chi connectivity index (χ0n) is 9.11.